The predicted octanol–water partition coefficient (Wildman–Crippen LogP) is 2.96. The molecule has 0 saturated carbocycles. The Balaban J connectivity index is 1.70. The molecule has 10 heteroatoms. The summed E-state index contributed by atoms with van der Waals surface area (Å²) in [6.45, 7) is 6.06. The maximum absolute atomic E-state index is 12.4. The normalized spacial score (nSPS) is 11.6. The number of sulfonamides is 1. The summed E-state index contributed by atoms with van der Waals surface area (Å²) < 4.78 is 28.7. The molecular weight excluding hydrogens is 412 g/mol. The van der Waals surface area contributed by atoms with Crippen LogP contribution in [0.3, 0.4) is 0 Å². The maximum Gasteiger partial charge on any atom is 0.238 e. The van der Waals surface area contributed by atoms with E-state index in [1.165, 1.54) is 23.9 Å². The Morgan fingerprint density at radius 1 is 1.28 bits per heavy atom. The lowest BCUT2D eigenvalue weighted by Crippen LogP contribution is -2.17. The van der Waals surface area contributed by atoms with E-state index in [4.69, 9.17) is 9.88 Å². The van der Waals surface area contributed by atoms with Gasteiger partial charge in [-0.25, -0.2) is 18.5 Å². The van der Waals surface area contributed by atoms with E-state index in [1.807, 2.05) is 25.1 Å². The first kappa shape index (κ1) is 21.2. The second-order valence-corrected chi connectivity index (χ2v) is 8.97. The number of nitrogens with zero attached hydrogens (tertiary/aromatic N) is 1. The number of hydrogen-bond acceptors (Lipinski definition) is 6. The molecule has 0 unspecified atom stereocenters. The molecule has 0 spiro atoms. The number of nitrogens with two attached hydrogens (primary N) is 1. The van der Waals surface area contributed by atoms with Crippen LogP contribution in [-0.2, 0) is 14.8 Å². The molecule has 0 aliphatic carbocycles. The van der Waals surface area contributed by atoms with Crippen LogP contribution >= 0.6 is 11.8 Å². The van der Waals surface area contributed by atoms with Crippen molar-refractivity contribution in [1.29, 1.82) is 0 Å². The number of thioether (sulfide) groups is 1. The minimum atomic E-state index is -3.86. The van der Waals surface area contributed by atoms with Crippen LogP contribution in [-0.4, -0.2) is 36.7 Å². The number of aromatic amines is 1. The molecule has 0 bridgehead atoms. The molecule has 3 rings (SSSR count). The topological polar surface area (TPSA) is 127 Å². The van der Waals surface area contributed by atoms with Crippen LogP contribution in [0, 0.1) is 13.8 Å². The van der Waals surface area contributed by atoms with Crippen molar-refractivity contribution in [3.05, 3.63) is 41.5 Å². The van der Waals surface area contributed by atoms with Crippen molar-refractivity contribution in [1.82, 2.24) is 9.97 Å². The molecule has 2 aromatic carbocycles. The first-order valence-electron chi connectivity index (χ1n) is 8.86. The summed E-state index contributed by atoms with van der Waals surface area (Å²) in [5, 5.41) is 8.57. The number of fused-ring (bicyclic) bond motifs is 1. The van der Waals surface area contributed by atoms with Gasteiger partial charge in [0.25, 0.3) is 0 Å². The number of benzene rings is 2. The lowest BCUT2D eigenvalue weighted by molar-refractivity contribution is -0.113. The molecule has 29 heavy (non-hydrogen) atoms. The zero-order valence-electron chi connectivity index (χ0n) is 16.3. The fraction of sp³-hybridized carbons (Fsp3) is 0.263. The van der Waals surface area contributed by atoms with Crippen molar-refractivity contribution < 1.29 is 17.9 Å². The van der Waals surface area contributed by atoms with Gasteiger partial charge in [0.2, 0.25) is 15.9 Å². The molecule has 0 aliphatic rings. The SMILES string of the molecule is CCOc1ccc2nc(SCC(=O)Nc3cc(S(N)(=O)=O)cc(C)c3C)[nH]c2c1. The molecule has 4 N–H and O–H groups in total. The van der Waals surface area contributed by atoms with Crippen molar-refractivity contribution in [2.45, 2.75) is 30.8 Å². The Morgan fingerprint density at radius 3 is 2.72 bits per heavy atom. The summed E-state index contributed by atoms with van der Waals surface area (Å²) in [4.78, 5) is 20.0. The minimum absolute atomic E-state index is 0.0362. The van der Waals surface area contributed by atoms with Crippen molar-refractivity contribution in [2.24, 2.45) is 5.14 Å². The fourth-order valence-corrected chi connectivity index (χ4v) is 4.04. The summed E-state index contributed by atoms with van der Waals surface area (Å²) >= 11 is 1.25. The second kappa shape index (κ2) is 8.44. The van der Waals surface area contributed by atoms with Gasteiger partial charge in [-0.1, -0.05) is 11.8 Å². The molecule has 1 amide bonds. The van der Waals surface area contributed by atoms with Gasteiger partial charge in [-0.05, 0) is 56.2 Å². The quantitative estimate of drug-likeness (QED) is 0.491. The summed E-state index contributed by atoms with van der Waals surface area (Å²) in [5.74, 6) is 0.578. The second-order valence-electron chi connectivity index (χ2n) is 6.45. The number of carbonyl (C=O) groups excluding carboxylic acids is 1. The van der Waals surface area contributed by atoms with Crippen LogP contribution in [0.5, 0.6) is 5.75 Å². The highest BCUT2D eigenvalue weighted by Gasteiger charge is 2.15. The molecule has 154 valence electrons. The molecule has 1 aromatic heterocycles. The lowest BCUT2D eigenvalue weighted by atomic mass is 10.1. The first-order valence-corrected chi connectivity index (χ1v) is 11.4. The lowest BCUT2D eigenvalue weighted by Gasteiger charge is -2.12. The van der Waals surface area contributed by atoms with Crippen LogP contribution in [0.2, 0.25) is 0 Å². The number of primary sulfonamides is 1. The van der Waals surface area contributed by atoms with Gasteiger partial charge in [0, 0.05) is 11.8 Å². The molecule has 3 aromatic rings. The van der Waals surface area contributed by atoms with Crippen LogP contribution in [0.1, 0.15) is 18.1 Å². The third kappa shape index (κ3) is 5.08. The highest BCUT2D eigenvalue weighted by Crippen LogP contribution is 2.25. The largest absolute Gasteiger partial charge is 0.494 e. The number of aromatic nitrogens is 2. The first-order chi connectivity index (χ1) is 13.7. The number of nitrogens with one attached hydrogen (secondary N) is 2. The van der Waals surface area contributed by atoms with Crippen LogP contribution in [0.15, 0.2) is 40.4 Å². The number of hydrogen-bond donors (Lipinski definition) is 3. The number of anilines is 1. The van der Waals surface area contributed by atoms with E-state index in [0.717, 1.165) is 27.9 Å². The Morgan fingerprint density at radius 2 is 2.03 bits per heavy atom. The monoisotopic (exact) mass is 434 g/mol. The molecule has 0 saturated heterocycles. The molecule has 0 aliphatic heterocycles. The Bertz CT molecular complexity index is 1170. The molecule has 0 fully saturated rings. The highest BCUT2D eigenvalue weighted by molar-refractivity contribution is 7.99. The molecule has 0 atom stereocenters. The minimum Gasteiger partial charge on any atom is -0.494 e. The van der Waals surface area contributed by atoms with Gasteiger partial charge in [-0.3, -0.25) is 4.79 Å². The number of rotatable bonds is 7. The van der Waals surface area contributed by atoms with Gasteiger partial charge in [0.05, 0.1) is 28.3 Å². The van der Waals surface area contributed by atoms with E-state index in [1.54, 1.807) is 13.8 Å². The van der Waals surface area contributed by atoms with Gasteiger partial charge >= 0.3 is 0 Å². The summed E-state index contributed by atoms with van der Waals surface area (Å²) in [7, 11) is -3.86. The zero-order valence-corrected chi connectivity index (χ0v) is 17.9. The van der Waals surface area contributed by atoms with Crippen molar-refractivity contribution in [2.75, 3.05) is 17.7 Å². The van der Waals surface area contributed by atoms with Crippen molar-refractivity contribution in [3.8, 4) is 5.75 Å². The van der Waals surface area contributed by atoms with Gasteiger partial charge in [-0.2, -0.15) is 0 Å². The average Bonchev–Trinajstić information content (AvgIpc) is 3.05. The Kier molecular flexibility index (Phi) is 6.15. The van der Waals surface area contributed by atoms with Crippen LogP contribution < -0.4 is 15.2 Å². The smallest absolute Gasteiger partial charge is 0.238 e. The Hall–Kier alpha value is -2.56. The number of carbonyl (C=O) groups is 1. The van der Waals surface area contributed by atoms with Gasteiger partial charge in [0.15, 0.2) is 5.16 Å². The van der Waals surface area contributed by atoms with E-state index < -0.39 is 10.0 Å². The standard InChI is InChI=1S/C19H22N4O4S2/c1-4-27-13-5-6-15-17(8-13)23-19(22-15)28-10-18(24)21-16-9-14(29(20,25)26)7-11(2)12(16)3/h5-9H,4,10H2,1-3H3,(H,21,24)(H,22,23)(H2,20,25,26). The summed E-state index contributed by atoms with van der Waals surface area (Å²) in [5.41, 5.74) is 3.53. The predicted molar refractivity (Wildman–Crippen MR) is 114 cm³/mol. The van der Waals surface area contributed by atoms with E-state index in [2.05, 4.69) is 15.3 Å². The average molecular weight is 435 g/mol. The van der Waals surface area contributed by atoms with E-state index in [9.17, 15) is 13.2 Å². The molecule has 8 nitrogen and oxygen atoms in total. The van der Waals surface area contributed by atoms with Gasteiger partial charge in [-0.15, -0.1) is 0 Å². The Labute approximate surface area is 173 Å². The number of amides is 1. The highest BCUT2D eigenvalue weighted by atomic mass is 32.2. The molecular formula is C19H22N4O4S2. The van der Waals surface area contributed by atoms with E-state index in [0.29, 0.717) is 17.5 Å². The number of ether oxygens (including phenoxy) is 1. The molecule has 1 heterocycles. The van der Waals surface area contributed by atoms with Gasteiger partial charge in [0.1, 0.15) is 5.75 Å². The maximum atomic E-state index is 12.4. The fourth-order valence-electron chi connectivity index (χ4n) is 2.73. The zero-order chi connectivity index (χ0) is 21.2. The van der Waals surface area contributed by atoms with Crippen LogP contribution in [0.25, 0.3) is 11.0 Å². The van der Waals surface area contributed by atoms with Gasteiger partial charge < -0.3 is 15.0 Å². The van der Waals surface area contributed by atoms with E-state index >= 15 is 0 Å². The third-order valence-corrected chi connectivity index (χ3v) is 6.09. The summed E-state index contributed by atoms with van der Waals surface area (Å²) in [6, 6.07) is 8.42. The van der Waals surface area contributed by atoms with Crippen molar-refractivity contribution >= 4 is 44.4 Å². The van der Waals surface area contributed by atoms with E-state index in [-0.39, 0.29) is 16.6 Å². The number of aryl methyl sites for hydroxylation is 1. The van der Waals surface area contributed by atoms with Crippen LogP contribution in [0.4, 0.5) is 5.69 Å². The third-order valence-electron chi connectivity index (χ3n) is 4.33. The number of imidazole rings is 1. The summed E-state index contributed by atoms with van der Waals surface area (Å²) in [6.07, 6.45) is 0. The number of H-pyrrole nitrogens is 1. The molecule has 0 radical (unpaired) electrons. The van der Waals surface area contributed by atoms with Crippen molar-refractivity contribution in [3.63, 3.8) is 0 Å².